The van der Waals surface area contributed by atoms with Crippen molar-refractivity contribution in [3.63, 3.8) is 0 Å². The summed E-state index contributed by atoms with van der Waals surface area (Å²) in [5.74, 6) is 0.0299. The fourth-order valence-corrected chi connectivity index (χ4v) is 4.51. The Morgan fingerprint density at radius 1 is 1.18 bits per heavy atom. The van der Waals surface area contributed by atoms with Gasteiger partial charge in [0.2, 0.25) is 0 Å². The Labute approximate surface area is 197 Å². The van der Waals surface area contributed by atoms with Crippen molar-refractivity contribution in [1.29, 1.82) is 0 Å². The molecule has 0 bridgehead atoms. The quantitative estimate of drug-likeness (QED) is 0.469. The highest BCUT2D eigenvalue weighted by molar-refractivity contribution is 5.62. The lowest BCUT2D eigenvalue weighted by Gasteiger charge is -2.40. The molecule has 1 aliphatic heterocycles. The van der Waals surface area contributed by atoms with Gasteiger partial charge >= 0.3 is 6.61 Å². The average Bonchev–Trinajstić information content (AvgIpc) is 3.30. The number of rotatable bonds is 8. The molecule has 2 aromatic carbocycles. The van der Waals surface area contributed by atoms with Crippen LogP contribution in [0.5, 0.6) is 5.75 Å². The minimum absolute atomic E-state index is 0.108. The van der Waals surface area contributed by atoms with E-state index in [1.165, 1.54) is 10.7 Å². The second kappa shape index (κ2) is 10.2. The molecule has 0 aliphatic carbocycles. The van der Waals surface area contributed by atoms with E-state index in [9.17, 15) is 18.3 Å². The van der Waals surface area contributed by atoms with Crippen LogP contribution < -0.4 is 4.74 Å². The molecule has 1 aliphatic rings. The van der Waals surface area contributed by atoms with Crippen LogP contribution in [-0.4, -0.2) is 46.1 Å². The number of aromatic nitrogens is 2. The molecular weight excluding hydrogens is 443 g/mol. The van der Waals surface area contributed by atoms with Gasteiger partial charge in [-0.1, -0.05) is 38.1 Å². The zero-order valence-corrected chi connectivity index (χ0v) is 19.4. The monoisotopic (exact) mass is 473 g/mol. The van der Waals surface area contributed by atoms with Gasteiger partial charge in [-0.3, -0.25) is 4.90 Å². The van der Waals surface area contributed by atoms with Crippen molar-refractivity contribution in [1.82, 2.24) is 14.7 Å². The molecule has 1 fully saturated rings. The van der Waals surface area contributed by atoms with Gasteiger partial charge in [0.1, 0.15) is 17.3 Å². The summed E-state index contributed by atoms with van der Waals surface area (Å²) in [6, 6.07) is 13.2. The smallest absolute Gasteiger partial charge is 0.387 e. The number of benzene rings is 2. The van der Waals surface area contributed by atoms with Gasteiger partial charge in [0.25, 0.3) is 0 Å². The van der Waals surface area contributed by atoms with Crippen molar-refractivity contribution in [2.24, 2.45) is 11.3 Å². The summed E-state index contributed by atoms with van der Waals surface area (Å²) in [6.07, 6.45) is 3.66. The average molecular weight is 474 g/mol. The second-order valence-corrected chi connectivity index (χ2v) is 9.52. The van der Waals surface area contributed by atoms with E-state index in [-0.39, 0.29) is 17.8 Å². The zero-order valence-electron chi connectivity index (χ0n) is 19.4. The van der Waals surface area contributed by atoms with Crippen molar-refractivity contribution >= 4 is 0 Å². The number of ether oxygens (including phenoxy) is 1. The largest absolute Gasteiger partial charge is 0.434 e. The van der Waals surface area contributed by atoms with Crippen LogP contribution in [0.2, 0.25) is 0 Å². The predicted octanol–water partition coefficient (Wildman–Crippen LogP) is 5.51. The normalized spacial score (nSPS) is 17.3. The molecule has 3 aromatic rings. The highest BCUT2D eigenvalue weighted by Gasteiger charge is 2.33. The number of nitrogens with zero attached hydrogens (tertiary/aromatic N) is 3. The molecule has 0 amide bonds. The fraction of sp³-hybridized carbons (Fsp3) is 0.423. The number of aliphatic hydroxyl groups is 1. The topological polar surface area (TPSA) is 50.5 Å². The Kier molecular flexibility index (Phi) is 7.28. The van der Waals surface area contributed by atoms with Crippen LogP contribution in [0.15, 0.2) is 54.7 Å². The first-order valence-electron chi connectivity index (χ1n) is 11.5. The summed E-state index contributed by atoms with van der Waals surface area (Å²) in [5.41, 5.74) is 1.91. The maximum Gasteiger partial charge on any atom is 0.387 e. The third-order valence-corrected chi connectivity index (χ3v) is 6.68. The molecule has 5 nitrogen and oxygen atoms in total. The van der Waals surface area contributed by atoms with E-state index in [1.54, 1.807) is 42.6 Å². The summed E-state index contributed by atoms with van der Waals surface area (Å²) in [7, 11) is 0. The molecule has 182 valence electrons. The Bertz CT molecular complexity index is 1120. The van der Waals surface area contributed by atoms with Gasteiger partial charge in [0.05, 0.1) is 5.69 Å². The molecule has 1 saturated heterocycles. The number of hydrogen-bond donors (Lipinski definition) is 1. The molecule has 0 saturated carbocycles. The molecule has 1 atom stereocenters. The van der Waals surface area contributed by atoms with Crippen molar-refractivity contribution in [2.75, 3.05) is 19.7 Å². The van der Waals surface area contributed by atoms with Gasteiger partial charge in [-0.05, 0) is 55.0 Å². The molecule has 2 heterocycles. The Balaban J connectivity index is 1.57. The van der Waals surface area contributed by atoms with Crippen LogP contribution in [0.25, 0.3) is 16.9 Å². The van der Waals surface area contributed by atoms with Crippen molar-refractivity contribution in [2.45, 2.75) is 39.8 Å². The molecule has 4 rings (SSSR count). The van der Waals surface area contributed by atoms with Gasteiger partial charge in [0.15, 0.2) is 0 Å². The van der Waals surface area contributed by atoms with Gasteiger partial charge in [-0.15, -0.1) is 0 Å². The van der Waals surface area contributed by atoms with Crippen molar-refractivity contribution < 1.29 is 23.0 Å². The summed E-state index contributed by atoms with van der Waals surface area (Å²) < 4.78 is 46.9. The van der Waals surface area contributed by atoms with Crippen LogP contribution in [0.4, 0.5) is 13.2 Å². The van der Waals surface area contributed by atoms with Gasteiger partial charge in [-0.25, -0.2) is 9.07 Å². The lowest BCUT2D eigenvalue weighted by molar-refractivity contribution is -0.0509. The van der Waals surface area contributed by atoms with E-state index < -0.39 is 12.4 Å². The number of hydrogen-bond acceptors (Lipinski definition) is 4. The molecule has 34 heavy (non-hydrogen) atoms. The zero-order chi connectivity index (χ0) is 24.3. The third-order valence-electron chi connectivity index (χ3n) is 6.68. The molecule has 0 unspecified atom stereocenters. The maximum absolute atomic E-state index is 14.1. The first kappa shape index (κ1) is 24.3. The predicted molar refractivity (Wildman–Crippen MR) is 124 cm³/mol. The summed E-state index contributed by atoms with van der Waals surface area (Å²) in [4.78, 5) is 2.23. The molecule has 1 N–H and O–H groups in total. The fourth-order valence-electron chi connectivity index (χ4n) is 4.51. The van der Waals surface area contributed by atoms with Crippen LogP contribution in [-0.2, 0) is 6.54 Å². The van der Waals surface area contributed by atoms with E-state index >= 15 is 0 Å². The van der Waals surface area contributed by atoms with Crippen molar-refractivity contribution in [3.05, 3.63) is 66.1 Å². The molecule has 0 spiro atoms. The highest BCUT2D eigenvalue weighted by atomic mass is 19.3. The van der Waals surface area contributed by atoms with E-state index in [4.69, 9.17) is 4.74 Å². The summed E-state index contributed by atoms with van der Waals surface area (Å²) >= 11 is 0. The Morgan fingerprint density at radius 3 is 2.71 bits per heavy atom. The molecular formula is C26H30F3N3O2. The lowest BCUT2D eigenvalue weighted by Crippen LogP contribution is -2.42. The summed E-state index contributed by atoms with van der Waals surface area (Å²) in [6.45, 7) is 3.40. The highest BCUT2D eigenvalue weighted by Crippen LogP contribution is 2.35. The number of piperidine rings is 1. The molecule has 8 heteroatoms. The number of halogens is 3. The minimum atomic E-state index is -2.95. The Hall–Kier alpha value is -2.84. The van der Waals surface area contributed by atoms with Gasteiger partial charge in [0, 0.05) is 37.0 Å². The maximum atomic E-state index is 14.1. The minimum Gasteiger partial charge on any atom is -0.434 e. The number of para-hydroxylation sites is 1. The number of alkyl halides is 2. The van der Waals surface area contributed by atoms with Gasteiger partial charge in [-0.2, -0.15) is 13.9 Å². The first-order valence-corrected chi connectivity index (χ1v) is 11.5. The molecule has 1 aromatic heterocycles. The molecule has 0 radical (unpaired) electrons. The third kappa shape index (κ3) is 5.45. The van der Waals surface area contributed by atoms with Gasteiger partial charge < -0.3 is 9.84 Å². The van der Waals surface area contributed by atoms with Crippen LogP contribution in [0.3, 0.4) is 0 Å². The Morgan fingerprint density at radius 2 is 1.97 bits per heavy atom. The first-order chi connectivity index (χ1) is 16.3. The van der Waals surface area contributed by atoms with Crippen LogP contribution >= 0.6 is 0 Å². The second-order valence-electron chi connectivity index (χ2n) is 9.52. The number of aliphatic hydroxyl groups excluding tert-OH is 1. The standard InChI is InChI=1S/C26H30F3N3O2/c1-26(2,17-33)20-6-5-12-31(16-20)15-19-10-9-18(14-24(19)34-25(28)29)22-11-13-32(30-22)23-8-4-3-7-21(23)27/h3-4,7-11,13-14,20,25,33H,5-6,12,15-17H2,1-2H3/t20-/m0/s1. The lowest BCUT2D eigenvalue weighted by atomic mass is 9.75. The van der Waals surface area contributed by atoms with Crippen molar-refractivity contribution in [3.8, 4) is 22.7 Å². The van der Waals surface area contributed by atoms with Crippen LogP contribution in [0.1, 0.15) is 32.3 Å². The number of likely N-dealkylation sites (tertiary alicyclic amines) is 1. The SMILES string of the molecule is CC(C)(CO)[C@H]1CCCN(Cc2ccc(-c3ccn(-c4ccccc4F)n3)cc2OC(F)F)C1. The van der Waals surface area contributed by atoms with E-state index in [0.717, 1.165) is 25.9 Å². The van der Waals surface area contributed by atoms with E-state index in [1.807, 2.05) is 6.07 Å². The van der Waals surface area contributed by atoms with E-state index in [2.05, 4.69) is 23.8 Å². The van der Waals surface area contributed by atoms with Crippen LogP contribution in [0, 0.1) is 17.2 Å². The summed E-state index contributed by atoms with van der Waals surface area (Å²) in [5, 5.41) is 14.2. The van der Waals surface area contributed by atoms with E-state index in [0.29, 0.717) is 35.0 Å².